The molecule has 1 N–H and O–H groups in total. The van der Waals surface area contributed by atoms with Gasteiger partial charge in [-0.05, 0) is 67.1 Å². The Morgan fingerprint density at radius 1 is 1.06 bits per heavy atom. The van der Waals surface area contributed by atoms with E-state index in [0.717, 1.165) is 16.5 Å². The van der Waals surface area contributed by atoms with Crippen LogP contribution >= 0.6 is 15.9 Å². The topological polar surface area (TPSA) is 92.8 Å². The van der Waals surface area contributed by atoms with Crippen LogP contribution in [0.25, 0.3) is 0 Å². The molecule has 3 aliphatic rings. The fourth-order valence-corrected chi connectivity index (χ4v) is 5.31. The molecule has 8 heteroatoms. The highest BCUT2D eigenvalue weighted by molar-refractivity contribution is 9.10. The van der Waals surface area contributed by atoms with Gasteiger partial charge in [-0.2, -0.15) is 0 Å². The number of esters is 1. The van der Waals surface area contributed by atoms with Crippen molar-refractivity contribution in [2.45, 2.75) is 13.3 Å². The van der Waals surface area contributed by atoms with Crippen LogP contribution in [0.2, 0.25) is 0 Å². The molecule has 0 radical (unpaired) electrons. The number of halogens is 1. The molecule has 7 nitrogen and oxygen atoms in total. The van der Waals surface area contributed by atoms with E-state index in [1.165, 1.54) is 17.0 Å². The Balaban J connectivity index is 1.24. The summed E-state index contributed by atoms with van der Waals surface area (Å²) >= 11 is 3.40. The van der Waals surface area contributed by atoms with Gasteiger partial charge in [0.15, 0.2) is 6.61 Å². The molecule has 1 aliphatic heterocycles. The minimum absolute atomic E-state index is 0.114. The van der Waals surface area contributed by atoms with E-state index in [9.17, 15) is 19.2 Å². The maximum absolute atomic E-state index is 13.0. The fourth-order valence-electron chi connectivity index (χ4n) is 5.06. The van der Waals surface area contributed by atoms with Crippen molar-refractivity contribution in [3.8, 4) is 0 Å². The largest absolute Gasteiger partial charge is 0.452 e. The molecule has 2 aromatic carbocycles. The van der Waals surface area contributed by atoms with Crippen molar-refractivity contribution < 1.29 is 23.9 Å². The third-order valence-corrected chi connectivity index (χ3v) is 7.48. The van der Waals surface area contributed by atoms with Crippen LogP contribution in [0.3, 0.4) is 0 Å². The SMILES string of the molecule is Cc1cc(NC(=O)COC(=O)c2cccc(N3C(=O)[C@@H]4[C@@H](C3=O)[C@H]3C=C[C@H]4C3)c2)ccc1Br. The minimum Gasteiger partial charge on any atom is -0.452 e. The van der Waals surface area contributed by atoms with Crippen LogP contribution < -0.4 is 10.2 Å². The Kier molecular flexibility index (Phi) is 5.40. The predicted molar refractivity (Wildman–Crippen MR) is 124 cm³/mol. The molecule has 2 aromatic rings. The number of carbonyl (C=O) groups excluding carboxylic acids is 4. The number of imide groups is 1. The molecule has 0 aromatic heterocycles. The summed E-state index contributed by atoms with van der Waals surface area (Å²) in [6, 6.07) is 11.6. The van der Waals surface area contributed by atoms with Crippen molar-refractivity contribution in [3.05, 3.63) is 70.2 Å². The van der Waals surface area contributed by atoms with Crippen LogP contribution in [0.15, 0.2) is 59.1 Å². The van der Waals surface area contributed by atoms with Crippen molar-refractivity contribution in [1.29, 1.82) is 0 Å². The molecule has 33 heavy (non-hydrogen) atoms. The molecule has 1 saturated heterocycles. The van der Waals surface area contributed by atoms with E-state index in [1.54, 1.807) is 24.3 Å². The highest BCUT2D eigenvalue weighted by Gasteiger charge is 2.59. The molecule has 2 fully saturated rings. The van der Waals surface area contributed by atoms with Gasteiger partial charge in [0.05, 0.1) is 23.1 Å². The third kappa shape index (κ3) is 3.78. The molecule has 1 heterocycles. The standard InChI is InChI=1S/C25H21BrN2O5/c1-13-9-17(7-8-19(13)26)27-20(29)12-33-25(32)16-3-2-4-18(11-16)28-23(30)21-14-5-6-15(10-14)22(21)24(28)31/h2-9,11,14-15,21-22H,10,12H2,1H3,(H,27,29)/t14-,15-,21-,22-/m0/s1. The molecule has 2 bridgehead atoms. The number of carbonyl (C=O) groups is 4. The monoisotopic (exact) mass is 508 g/mol. The van der Waals surface area contributed by atoms with E-state index >= 15 is 0 Å². The highest BCUT2D eigenvalue weighted by atomic mass is 79.9. The van der Waals surface area contributed by atoms with E-state index in [2.05, 4.69) is 21.2 Å². The number of nitrogens with one attached hydrogen (secondary N) is 1. The zero-order valence-electron chi connectivity index (χ0n) is 17.8. The molecule has 168 valence electrons. The summed E-state index contributed by atoms with van der Waals surface area (Å²) in [6.07, 6.45) is 4.93. The van der Waals surface area contributed by atoms with Gasteiger partial charge in [0.2, 0.25) is 11.8 Å². The number of amides is 3. The van der Waals surface area contributed by atoms with Crippen LogP contribution in [0, 0.1) is 30.6 Å². The van der Waals surface area contributed by atoms with Crippen molar-refractivity contribution >= 4 is 51.0 Å². The average Bonchev–Trinajstić information content (AvgIpc) is 3.48. The molecule has 1 saturated carbocycles. The lowest BCUT2D eigenvalue weighted by atomic mass is 9.85. The van der Waals surface area contributed by atoms with Gasteiger partial charge in [-0.1, -0.05) is 34.1 Å². The smallest absolute Gasteiger partial charge is 0.338 e. The van der Waals surface area contributed by atoms with E-state index in [-0.39, 0.29) is 41.0 Å². The molecule has 4 atom stereocenters. The average molecular weight is 509 g/mol. The zero-order chi connectivity index (χ0) is 23.3. The normalized spacial score (nSPS) is 24.8. The minimum atomic E-state index is -0.708. The molecule has 3 amide bonds. The van der Waals surface area contributed by atoms with Gasteiger partial charge in [0.25, 0.3) is 5.91 Å². The number of hydrogen-bond acceptors (Lipinski definition) is 5. The maximum Gasteiger partial charge on any atom is 0.338 e. The number of nitrogens with zero attached hydrogens (tertiary/aromatic N) is 1. The lowest BCUT2D eigenvalue weighted by molar-refractivity contribution is -0.123. The molecule has 0 unspecified atom stereocenters. The Morgan fingerprint density at radius 3 is 2.42 bits per heavy atom. The zero-order valence-corrected chi connectivity index (χ0v) is 19.4. The van der Waals surface area contributed by atoms with Gasteiger partial charge < -0.3 is 10.1 Å². The van der Waals surface area contributed by atoms with Gasteiger partial charge in [-0.3, -0.25) is 14.4 Å². The van der Waals surface area contributed by atoms with Crippen LogP contribution in [0.4, 0.5) is 11.4 Å². The first-order chi connectivity index (χ1) is 15.8. The summed E-state index contributed by atoms with van der Waals surface area (Å²) in [6.45, 7) is 1.44. The number of fused-ring (bicyclic) bond motifs is 5. The number of ether oxygens (including phenoxy) is 1. The summed E-state index contributed by atoms with van der Waals surface area (Å²) in [5, 5.41) is 2.68. The number of aryl methyl sites for hydroxylation is 1. The van der Waals surface area contributed by atoms with Crippen molar-refractivity contribution in [3.63, 3.8) is 0 Å². The van der Waals surface area contributed by atoms with Gasteiger partial charge in [-0.15, -0.1) is 0 Å². The predicted octanol–water partition coefficient (Wildman–Crippen LogP) is 3.86. The Hall–Kier alpha value is -3.26. The number of anilines is 2. The Bertz CT molecular complexity index is 1190. The van der Waals surface area contributed by atoms with Crippen LogP contribution in [-0.2, 0) is 19.1 Å². The van der Waals surface area contributed by atoms with Crippen molar-refractivity contribution in [2.24, 2.45) is 23.7 Å². The number of allylic oxidation sites excluding steroid dienone is 2. The van der Waals surface area contributed by atoms with E-state index in [4.69, 9.17) is 4.74 Å². The number of rotatable bonds is 5. The first-order valence-corrected chi connectivity index (χ1v) is 11.5. The van der Waals surface area contributed by atoms with E-state index in [1.807, 2.05) is 25.1 Å². The number of hydrogen-bond donors (Lipinski definition) is 1. The van der Waals surface area contributed by atoms with Crippen LogP contribution in [0.5, 0.6) is 0 Å². The van der Waals surface area contributed by atoms with Crippen molar-refractivity contribution in [2.75, 3.05) is 16.8 Å². The van der Waals surface area contributed by atoms with Crippen molar-refractivity contribution in [1.82, 2.24) is 0 Å². The van der Waals surface area contributed by atoms with Gasteiger partial charge in [0.1, 0.15) is 0 Å². The molecular weight excluding hydrogens is 488 g/mol. The third-order valence-electron chi connectivity index (χ3n) is 6.59. The summed E-state index contributed by atoms with van der Waals surface area (Å²) in [7, 11) is 0. The Morgan fingerprint density at radius 2 is 1.76 bits per heavy atom. The Labute approximate surface area is 198 Å². The van der Waals surface area contributed by atoms with Gasteiger partial charge in [0, 0.05) is 10.2 Å². The molecule has 2 aliphatic carbocycles. The van der Waals surface area contributed by atoms with Gasteiger partial charge >= 0.3 is 5.97 Å². The molecule has 0 spiro atoms. The number of benzene rings is 2. The highest BCUT2D eigenvalue weighted by Crippen LogP contribution is 2.53. The van der Waals surface area contributed by atoms with Gasteiger partial charge in [-0.25, -0.2) is 9.69 Å². The lowest BCUT2D eigenvalue weighted by Crippen LogP contribution is -2.33. The van der Waals surface area contributed by atoms with E-state index < -0.39 is 18.5 Å². The summed E-state index contributed by atoms with van der Waals surface area (Å²) in [4.78, 5) is 51.9. The molecular formula is C25H21BrN2O5. The van der Waals surface area contributed by atoms with E-state index in [0.29, 0.717) is 11.4 Å². The summed E-state index contributed by atoms with van der Waals surface area (Å²) in [5.41, 5.74) is 2.07. The fraction of sp³-hybridized carbons (Fsp3) is 0.280. The van der Waals surface area contributed by atoms with Crippen LogP contribution in [-0.4, -0.2) is 30.3 Å². The van der Waals surface area contributed by atoms with Crippen LogP contribution in [0.1, 0.15) is 22.3 Å². The quantitative estimate of drug-likeness (QED) is 0.376. The maximum atomic E-state index is 13.0. The second-order valence-corrected chi connectivity index (χ2v) is 9.50. The second kappa shape index (κ2) is 8.26. The first kappa shape index (κ1) is 21.6. The first-order valence-electron chi connectivity index (χ1n) is 10.7. The summed E-state index contributed by atoms with van der Waals surface area (Å²) < 4.78 is 6.07. The second-order valence-electron chi connectivity index (χ2n) is 8.65. The molecule has 5 rings (SSSR count). The summed E-state index contributed by atoms with van der Waals surface area (Å²) in [5.74, 6) is -2.00. The lowest BCUT2D eigenvalue weighted by Gasteiger charge is -2.18.